The molecule has 0 aromatic rings. The third-order valence-corrected chi connectivity index (χ3v) is 6.60. The topological polar surface area (TPSA) is 47.6 Å². The molecule has 0 rings (SSSR count). The molecule has 0 saturated heterocycles. The van der Waals surface area contributed by atoms with Gasteiger partial charge in [0, 0.05) is 0 Å². The Kier molecular flexibility index (Phi) is 6.09. The van der Waals surface area contributed by atoms with Crippen molar-refractivity contribution in [3.63, 3.8) is 0 Å². The zero-order chi connectivity index (χ0) is 14.8. The Balaban J connectivity index is 4.91. The van der Waals surface area contributed by atoms with Crippen LogP contribution in [0.4, 0.5) is 17.6 Å². The highest BCUT2D eigenvalue weighted by Crippen LogP contribution is 2.59. The molecule has 0 N–H and O–H groups in total. The fraction of sp³-hybridized carbons (Fsp3) is 0.667. The molecule has 0 saturated carbocycles. The zero-order valence-corrected chi connectivity index (χ0v) is 12.4. The van der Waals surface area contributed by atoms with Crippen molar-refractivity contribution in [1.29, 1.82) is 10.5 Å². The SMILES string of the molecule is N#CC(F)(Cl)C(F)(Cl)SSC(F)(Cl)C(F)(Cl)C#N. The molecule has 0 aliphatic rings. The Bertz CT molecular complexity index is 365. The van der Waals surface area contributed by atoms with Gasteiger partial charge in [0.05, 0.1) is 0 Å². The molecule has 0 radical (unpaired) electrons. The summed E-state index contributed by atoms with van der Waals surface area (Å²) >= 11 is 19.3. The molecule has 0 aromatic heterocycles. The predicted octanol–water partition coefficient (Wildman–Crippen LogP) is 4.95. The lowest BCUT2D eigenvalue weighted by molar-refractivity contribution is 0.213. The van der Waals surface area contributed by atoms with Crippen LogP contribution in [0.25, 0.3) is 0 Å². The molecular weight excluding hydrogens is 382 g/mol. The molecule has 0 spiro atoms. The van der Waals surface area contributed by atoms with Gasteiger partial charge in [0.15, 0.2) is 0 Å². The second-order valence-electron chi connectivity index (χ2n) is 2.57. The largest absolute Gasteiger partial charge is 0.326 e. The quantitative estimate of drug-likeness (QED) is 0.384. The second kappa shape index (κ2) is 5.90. The molecule has 0 bridgehead atoms. The van der Waals surface area contributed by atoms with Crippen molar-refractivity contribution < 1.29 is 17.6 Å². The number of nitriles is 2. The van der Waals surface area contributed by atoms with Crippen molar-refractivity contribution in [3.8, 4) is 12.1 Å². The molecule has 0 heterocycles. The molecule has 0 aromatic carbocycles. The first kappa shape index (κ1) is 18.6. The van der Waals surface area contributed by atoms with Gasteiger partial charge < -0.3 is 0 Å². The van der Waals surface area contributed by atoms with Crippen molar-refractivity contribution in [2.75, 3.05) is 0 Å². The van der Waals surface area contributed by atoms with Crippen LogP contribution < -0.4 is 0 Å². The summed E-state index contributed by atoms with van der Waals surface area (Å²) in [5.41, 5.74) is 0. The molecule has 4 unspecified atom stereocenters. The predicted molar refractivity (Wildman–Crippen MR) is 65.2 cm³/mol. The molecule has 102 valence electrons. The van der Waals surface area contributed by atoms with Crippen molar-refractivity contribution in [3.05, 3.63) is 0 Å². The standard InChI is InChI=1S/C6Cl4F4N2S2/c7-3(11,1-15)5(9,13)17-18-6(10,14)4(8,12)2-16. The van der Waals surface area contributed by atoms with E-state index in [1.807, 2.05) is 0 Å². The molecule has 2 nitrogen and oxygen atoms in total. The van der Waals surface area contributed by atoms with Gasteiger partial charge in [-0.1, -0.05) is 46.4 Å². The molecule has 4 atom stereocenters. The first-order valence-electron chi connectivity index (χ1n) is 3.53. The molecule has 18 heavy (non-hydrogen) atoms. The van der Waals surface area contributed by atoms with Gasteiger partial charge in [0.1, 0.15) is 12.1 Å². The Morgan fingerprint density at radius 2 is 0.944 bits per heavy atom. The van der Waals surface area contributed by atoms with E-state index >= 15 is 0 Å². The maximum Gasteiger partial charge on any atom is 0.326 e. The van der Waals surface area contributed by atoms with Crippen LogP contribution in [-0.2, 0) is 0 Å². The minimum atomic E-state index is -3.73. The average molecular weight is 382 g/mol. The summed E-state index contributed by atoms with van der Waals surface area (Å²) in [4.78, 5) is 0. The number of nitrogens with zero attached hydrogens (tertiary/aromatic N) is 2. The van der Waals surface area contributed by atoms with E-state index in [2.05, 4.69) is 0 Å². The van der Waals surface area contributed by atoms with Crippen LogP contribution >= 0.6 is 68.0 Å². The van der Waals surface area contributed by atoms with Crippen molar-refractivity contribution in [1.82, 2.24) is 0 Å². The van der Waals surface area contributed by atoms with E-state index in [-0.39, 0.29) is 0 Å². The van der Waals surface area contributed by atoms with E-state index in [1.54, 1.807) is 0 Å². The minimum absolute atomic E-state index is 0.537. The van der Waals surface area contributed by atoms with Gasteiger partial charge in [-0.15, -0.1) is 0 Å². The minimum Gasteiger partial charge on any atom is -0.207 e. The van der Waals surface area contributed by atoms with E-state index in [4.69, 9.17) is 56.9 Å². The van der Waals surface area contributed by atoms with Crippen LogP contribution in [0.5, 0.6) is 0 Å². The highest BCUT2D eigenvalue weighted by molar-refractivity contribution is 8.78. The van der Waals surface area contributed by atoms with Crippen LogP contribution in [0.15, 0.2) is 0 Å². The summed E-state index contributed by atoms with van der Waals surface area (Å²) in [7, 11) is -1.07. The zero-order valence-electron chi connectivity index (χ0n) is 7.73. The highest BCUT2D eigenvalue weighted by atomic mass is 35.5. The van der Waals surface area contributed by atoms with E-state index in [9.17, 15) is 17.6 Å². The fourth-order valence-corrected chi connectivity index (χ4v) is 3.32. The van der Waals surface area contributed by atoms with E-state index < -0.39 is 40.8 Å². The van der Waals surface area contributed by atoms with Gasteiger partial charge in [-0.2, -0.15) is 10.5 Å². The summed E-state index contributed by atoms with van der Waals surface area (Å²) in [6, 6.07) is 1.34. The lowest BCUT2D eigenvalue weighted by atomic mass is 10.4. The van der Waals surface area contributed by atoms with Gasteiger partial charge in [-0.05, 0) is 21.6 Å². The van der Waals surface area contributed by atoms with Crippen LogP contribution in [0.2, 0.25) is 0 Å². The average Bonchev–Trinajstić information content (AvgIpc) is 2.26. The van der Waals surface area contributed by atoms with E-state index in [0.717, 1.165) is 0 Å². The summed E-state index contributed by atoms with van der Waals surface area (Å²) in [5, 5.41) is 8.91. The van der Waals surface area contributed by atoms with Gasteiger partial charge in [0.2, 0.25) is 0 Å². The summed E-state index contributed by atoms with van der Waals surface area (Å²) in [5.74, 6) is 0. The lowest BCUT2D eigenvalue weighted by Crippen LogP contribution is -2.36. The van der Waals surface area contributed by atoms with Crippen LogP contribution in [0.1, 0.15) is 0 Å². The van der Waals surface area contributed by atoms with Crippen LogP contribution in [0.3, 0.4) is 0 Å². The molecule has 0 fully saturated rings. The number of alkyl halides is 8. The number of hydrogen-bond acceptors (Lipinski definition) is 4. The van der Waals surface area contributed by atoms with Crippen molar-refractivity contribution in [2.24, 2.45) is 0 Å². The maximum atomic E-state index is 13.4. The first-order chi connectivity index (χ1) is 7.83. The lowest BCUT2D eigenvalue weighted by Gasteiger charge is -2.27. The Morgan fingerprint density at radius 1 is 0.722 bits per heavy atom. The summed E-state index contributed by atoms with van der Waals surface area (Å²) < 4.78 is 45.6. The third kappa shape index (κ3) is 4.03. The van der Waals surface area contributed by atoms with Gasteiger partial charge in [-0.3, -0.25) is 0 Å². The first-order valence-corrected chi connectivity index (χ1v) is 7.20. The monoisotopic (exact) mass is 380 g/mol. The van der Waals surface area contributed by atoms with Crippen LogP contribution in [-0.4, -0.2) is 19.2 Å². The smallest absolute Gasteiger partial charge is 0.207 e. The Morgan fingerprint density at radius 3 is 1.11 bits per heavy atom. The maximum absolute atomic E-state index is 13.4. The summed E-state index contributed by atoms with van der Waals surface area (Å²) in [6.07, 6.45) is 0. The number of hydrogen-bond donors (Lipinski definition) is 0. The van der Waals surface area contributed by atoms with Crippen molar-refractivity contribution >= 4 is 68.0 Å². The normalized spacial score (nSPS) is 24.6. The van der Waals surface area contributed by atoms with Gasteiger partial charge in [0.25, 0.3) is 0 Å². The van der Waals surface area contributed by atoms with Gasteiger partial charge in [-0.25, -0.2) is 17.6 Å². The van der Waals surface area contributed by atoms with E-state index in [1.165, 1.54) is 0 Å². The highest BCUT2D eigenvalue weighted by Gasteiger charge is 2.59. The summed E-state index contributed by atoms with van der Waals surface area (Å²) in [6.45, 7) is 0. The second-order valence-corrected chi connectivity index (χ2v) is 7.56. The Hall–Kier alpha value is 0.560. The molecule has 0 aliphatic carbocycles. The Labute approximate surface area is 127 Å². The number of halogens is 8. The van der Waals surface area contributed by atoms with Crippen LogP contribution in [0, 0.1) is 22.7 Å². The molecule has 0 aliphatic heterocycles. The third-order valence-electron chi connectivity index (χ3n) is 1.26. The molecule has 12 heteroatoms. The molecule has 0 amide bonds. The molecular formula is C6Cl4F4N2S2. The number of rotatable bonds is 5. The van der Waals surface area contributed by atoms with E-state index in [0.29, 0.717) is 12.1 Å². The van der Waals surface area contributed by atoms with Gasteiger partial charge >= 0.3 is 19.2 Å². The fourth-order valence-electron chi connectivity index (χ4n) is 0.339. The van der Waals surface area contributed by atoms with Crippen molar-refractivity contribution in [2.45, 2.75) is 19.2 Å².